The SMILES string of the molecule is C[C@](C[C@@H]1CCCO1)(Oc1ccc(Oc2cnc3cc(Cl)ccc3n2)cc1)C(=O)O. The molecular formula is C22H21ClN2O5. The zero-order valence-electron chi connectivity index (χ0n) is 16.4. The molecular weight excluding hydrogens is 408 g/mol. The van der Waals surface area contributed by atoms with Crippen LogP contribution >= 0.6 is 11.6 Å². The van der Waals surface area contributed by atoms with E-state index in [1.165, 1.54) is 6.20 Å². The average molecular weight is 429 g/mol. The van der Waals surface area contributed by atoms with Crippen LogP contribution in [0.5, 0.6) is 17.4 Å². The van der Waals surface area contributed by atoms with E-state index < -0.39 is 11.6 Å². The predicted octanol–water partition coefficient (Wildman–Crippen LogP) is 4.87. The van der Waals surface area contributed by atoms with Gasteiger partial charge in [-0.2, -0.15) is 0 Å². The summed E-state index contributed by atoms with van der Waals surface area (Å²) in [7, 11) is 0. The molecule has 0 bridgehead atoms. The van der Waals surface area contributed by atoms with Crippen molar-refractivity contribution in [2.75, 3.05) is 6.61 Å². The Morgan fingerprint density at radius 1 is 1.23 bits per heavy atom. The number of fused-ring (bicyclic) bond motifs is 1. The summed E-state index contributed by atoms with van der Waals surface area (Å²) in [4.78, 5) is 20.5. The molecule has 2 heterocycles. The quantitative estimate of drug-likeness (QED) is 0.574. The zero-order chi connectivity index (χ0) is 21.1. The van der Waals surface area contributed by atoms with Gasteiger partial charge in [0.2, 0.25) is 11.5 Å². The summed E-state index contributed by atoms with van der Waals surface area (Å²) in [6.07, 6.45) is 3.49. The van der Waals surface area contributed by atoms with Crippen LogP contribution in [0.25, 0.3) is 11.0 Å². The molecule has 0 saturated carbocycles. The number of halogens is 1. The van der Waals surface area contributed by atoms with Gasteiger partial charge < -0.3 is 19.3 Å². The number of carboxylic acid groups (broad SMARTS) is 1. The lowest BCUT2D eigenvalue weighted by molar-refractivity contribution is -0.156. The Morgan fingerprint density at radius 3 is 2.70 bits per heavy atom. The minimum Gasteiger partial charge on any atom is -0.478 e. The van der Waals surface area contributed by atoms with Gasteiger partial charge in [-0.1, -0.05) is 11.6 Å². The largest absolute Gasteiger partial charge is 0.478 e. The molecule has 1 aliphatic heterocycles. The number of ether oxygens (including phenoxy) is 3. The summed E-state index contributed by atoms with van der Waals surface area (Å²) >= 11 is 5.96. The van der Waals surface area contributed by atoms with Crippen molar-refractivity contribution in [1.29, 1.82) is 0 Å². The van der Waals surface area contributed by atoms with Gasteiger partial charge in [0.1, 0.15) is 11.5 Å². The van der Waals surface area contributed by atoms with Crippen LogP contribution in [0.3, 0.4) is 0 Å². The van der Waals surface area contributed by atoms with Crippen LogP contribution in [0.4, 0.5) is 0 Å². The molecule has 1 saturated heterocycles. The van der Waals surface area contributed by atoms with Gasteiger partial charge in [-0.05, 0) is 62.2 Å². The van der Waals surface area contributed by atoms with Crippen LogP contribution in [0, 0.1) is 0 Å². The van der Waals surface area contributed by atoms with E-state index in [4.69, 9.17) is 25.8 Å². The highest BCUT2D eigenvalue weighted by molar-refractivity contribution is 6.31. The normalized spacial score (nSPS) is 18.1. The summed E-state index contributed by atoms with van der Waals surface area (Å²) in [5.74, 6) is 0.280. The van der Waals surface area contributed by atoms with Crippen molar-refractivity contribution < 1.29 is 24.1 Å². The van der Waals surface area contributed by atoms with Gasteiger partial charge in [0.05, 0.1) is 23.3 Å². The molecule has 30 heavy (non-hydrogen) atoms. The second-order valence-electron chi connectivity index (χ2n) is 7.39. The Kier molecular flexibility index (Phi) is 5.74. The first-order valence-electron chi connectivity index (χ1n) is 9.65. The second kappa shape index (κ2) is 8.45. The molecule has 1 fully saturated rings. The maximum atomic E-state index is 11.8. The number of hydrogen-bond donors (Lipinski definition) is 1. The van der Waals surface area contributed by atoms with Crippen molar-refractivity contribution in [2.24, 2.45) is 0 Å². The highest BCUT2D eigenvalue weighted by Gasteiger charge is 2.39. The first kappa shape index (κ1) is 20.4. The number of carbonyl (C=O) groups is 1. The molecule has 0 radical (unpaired) electrons. The lowest BCUT2D eigenvalue weighted by Gasteiger charge is -2.28. The van der Waals surface area contributed by atoms with Crippen molar-refractivity contribution in [3.8, 4) is 17.4 Å². The van der Waals surface area contributed by atoms with E-state index >= 15 is 0 Å². The summed E-state index contributed by atoms with van der Waals surface area (Å²) in [5.41, 5.74) is -0.0244. The number of aliphatic carboxylic acids is 1. The van der Waals surface area contributed by atoms with Crippen molar-refractivity contribution in [3.63, 3.8) is 0 Å². The minimum absolute atomic E-state index is 0.102. The first-order chi connectivity index (χ1) is 14.4. The van der Waals surface area contributed by atoms with Crippen LogP contribution < -0.4 is 9.47 Å². The van der Waals surface area contributed by atoms with E-state index in [-0.39, 0.29) is 12.5 Å². The second-order valence-corrected chi connectivity index (χ2v) is 7.83. The summed E-state index contributed by atoms with van der Waals surface area (Å²) in [6.45, 7) is 2.23. The van der Waals surface area contributed by atoms with Gasteiger partial charge in [0.15, 0.2) is 0 Å². The van der Waals surface area contributed by atoms with Crippen molar-refractivity contribution in [1.82, 2.24) is 9.97 Å². The number of nitrogens with zero attached hydrogens (tertiary/aromatic N) is 2. The Hall–Kier alpha value is -2.90. The lowest BCUT2D eigenvalue weighted by atomic mass is 9.96. The number of rotatable bonds is 7. The monoisotopic (exact) mass is 428 g/mol. The van der Waals surface area contributed by atoms with Crippen molar-refractivity contribution in [2.45, 2.75) is 37.9 Å². The van der Waals surface area contributed by atoms with E-state index in [0.717, 1.165) is 12.8 Å². The fourth-order valence-corrected chi connectivity index (χ4v) is 3.55. The number of carboxylic acids is 1. The molecule has 7 nitrogen and oxygen atoms in total. The van der Waals surface area contributed by atoms with Gasteiger partial charge in [-0.25, -0.2) is 14.8 Å². The fourth-order valence-electron chi connectivity index (χ4n) is 3.39. The third-order valence-electron chi connectivity index (χ3n) is 4.97. The molecule has 156 valence electrons. The van der Waals surface area contributed by atoms with Crippen LogP contribution in [0.1, 0.15) is 26.2 Å². The van der Waals surface area contributed by atoms with E-state index in [0.29, 0.717) is 40.0 Å². The maximum absolute atomic E-state index is 11.8. The van der Waals surface area contributed by atoms with E-state index in [9.17, 15) is 9.90 Å². The maximum Gasteiger partial charge on any atom is 0.347 e. The van der Waals surface area contributed by atoms with Crippen LogP contribution in [0.2, 0.25) is 5.02 Å². The fraction of sp³-hybridized carbons (Fsp3) is 0.318. The van der Waals surface area contributed by atoms with Gasteiger partial charge in [0.25, 0.3) is 0 Å². The van der Waals surface area contributed by atoms with E-state index in [1.807, 2.05) is 0 Å². The smallest absolute Gasteiger partial charge is 0.347 e. The molecule has 0 aliphatic carbocycles. The third-order valence-corrected chi connectivity index (χ3v) is 5.20. The first-order valence-corrected chi connectivity index (χ1v) is 10.0. The van der Waals surface area contributed by atoms with Gasteiger partial charge >= 0.3 is 5.97 Å². The molecule has 0 amide bonds. The molecule has 3 aromatic rings. The average Bonchev–Trinajstić information content (AvgIpc) is 3.22. The van der Waals surface area contributed by atoms with Crippen LogP contribution in [-0.2, 0) is 9.53 Å². The molecule has 4 rings (SSSR count). The Morgan fingerprint density at radius 2 is 2.00 bits per heavy atom. The molecule has 8 heteroatoms. The highest BCUT2D eigenvalue weighted by atomic mass is 35.5. The summed E-state index contributed by atoms with van der Waals surface area (Å²) in [5, 5.41) is 10.3. The van der Waals surface area contributed by atoms with Crippen LogP contribution in [-0.4, -0.2) is 39.4 Å². The highest BCUT2D eigenvalue weighted by Crippen LogP contribution is 2.30. The minimum atomic E-state index is -1.37. The zero-order valence-corrected chi connectivity index (χ0v) is 17.1. The number of hydrogen-bond acceptors (Lipinski definition) is 6. The molecule has 1 N–H and O–H groups in total. The van der Waals surface area contributed by atoms with Gasteiger partial charge in [0, 0.05) is 18.1 Å². The number of benzene rings is 2. The lowest BCUT2D eigenvalue weighted by Crippen LogP contribution is -2.44. The molecule has 1 aromatic heterocycles. The Labute approximate surface area is 178 Å². The van der Waals surface area contributed by atoms with Crippen LogP contribution in [0.15, 0.2) is 48.7 Å². The third kappa shape index (κ3) is 4.63. The molecule has 2 atom stereocenters. The number of aromatic nitrogens is 2. The van der Waals surface area contributed by atoms with Crippen molar-refractivity contribution in [3.05, 3.63) is 53.7 Å². The standard InChI is InChI=1S/C22H21ClN2O5/c1-22(21(26)27,12-17-3-2-10-28-17)30-16-7-5-15(6-8-16)29-20-13-24-19-11-14(23)4-9-18(19)25-20/h4-9,11,13,17H,2-3,10,12H2,1H3,(H,26,27)/t17-,22+/m0/s1. The summed E-state index contributed by atoms with van der Waals surface area (Å²) < 4.78 is 17.2. The Balaban J connectivity index is 1.45. The Bertz CT molecular complexity index is 1050. The molecule has 0 unspecified atom stereocenters. The van der Waals surface area contributed by atoms with Gasteiger partial charge in [-0.15, -0.1) is 0 Å². The summed E-state index contributed by atoms with van der Waals surface area (Å²) in [6, 6.07) is 12.0. The van der Waals surface area contributed by atoms with E-state index in [2.05, 4.69) is 9.97 Å². The molecule has 2 aromatic carbocycles. The molecule has 0 spiro atoms. The van der Waals surface area contributed by atoms with E-state index in [1.54, 1.807) is 49.4 Å². The molecule has 1 aliphatic rings. The topological polar surface area (TPSA) is 90.8 Å². The van der Waals surface area contributed by atoms with Crippen molar-refractivity contribution >= 4 is 28.6 Å². The van der Waals surface area contributed by atoms with Gasteiger partial charge in [-0.3, -0.25) is 0 Å². The predicted molar refractivity (Wildman–Crippen MR) is 111 cm³/mol.